The predicted octanol–water partition coefficient (Wildman–Crippen LogP) is 2.62. The zero-order chi connectivity index (χ0) is 19.5. The van der Waals surface area contributed by atoms with Crippen LogP contribution in [0.15, 0.2) is 54.6 Å². The number of benzene rings is 2. The van der Waals surface area contributed by atoms with Crippen LogP contribution in [0.2, 0.25) is 0 Å². The maximum Gasteiger partial charge on any atom is 0.251 e. The summed E-state index contributed by atoms with van der Waals surface area (Å²) >= 11 is 0. The molecule has 2 fully saturated rings. The van der Waals surface area contributed by atoms with Crippen molar-refractivity contribution in [2.75, 3.05) is 13.2 Å². The highest BCUT2D eigenvalue weighted by atomic mass is 19.1. The van der Waals surface area contributed by atoms with Gasteiger partial charge in [-0.15, -0.1) is 0 Å². The molecule has 1 saturated heterocycles. The normalized spacial score (nSPS) is 22.2. The van der Waals surface area contributed by atoms with Gasteiger partial charge in [0.25, 0.3) is 5.91 Å². The summed E-state index contributed by atoms with van der Waals surface area (Å²) in [6.07, 6.45) is 1.79. The lowest BCUT2D eigenvalue weighted by molar-refractivity contribution is -0.165. The number of amides is 2. The number of carbonyl (C=O) groups is 2. The molecule has 2 aromatic carbocycles. The molecular formula is C22H23FN2O3. The van der Waals surface area contributed by atoms with Gasteiger partial charge < -0.3 is 15.0 Å². The number of carbonyl (C=O) groups excluding carboxylic acids is 2. The Labute approximate surface area is 163 Å². The number of morpholine rings is 1. The molecule has 146 valence electrons. The third-order valence-corrected chi connectivity index (χ3v) is 5.23. The zero-order valence-corrected chi connectivity index (χ0v) is 15.5. The first-order valence-corrected chi connectivity index (χ1v) is 9.63. The van der Waals surface area contributed by atoms with Crippen LogP contribution in [-0.4, -0.2) is 42.0 Å². The van der Waals surface area contributed by atoms with Crippen molar-refractivity contribution in [3.8, 4) is 0 Å². The number of hydrogen-bond acceptors (Lipinski definition) is 3. The summed E-state index contributed by atoms with van der Waals surface area (Å²) in [5.74, 6) is -0.570. The van der Waals surface area contributed by atoms with E-state index in [0.29, 0.717) is 13.0 Å². The fourth-order valence-corrected chi connectivity index (χ4v) is 3.70. The molecule has 1 saturated carbocycles. The second-order valence-corrected chi connectivity index (χ2v) is 7.29. The van der Waals surface area contributed by atoms with Crippen molar-refractivity contribution in [1.29, 1.82) is 0 Å². The van der Waals surface area contributed by atoms with Gasteiger partial charge in [0.15, 0.2) is 6.10 Å². The molecule has 4 rings (SSSR count). The highest BCUT2D eigenvalue weighted by Gasteiger charge is 2.47. The number of rotatable bonds is 6. The van der Waals surface area contributed by atoms with E-state index in [9.17, 15) is 14.0 Å². The Morgan fingerprint density at radius 1 is 1.11 bits per heavy atom. The lowest BCUT2D eigenvalue weighted by atomic mass is 9.96. The Hall–Kier alpha value is -2.73. The van der Waals surface area contributed by atoms with Crippen LogP contribution in [0, 0.1) is 5.82 Å². The van der Waals surface area contributed by atoms with Gasteiger partial charge in [-0.2, -0.15) is 0 Å². The summed E-state index contributed by atoms with van der Waals surface area (Å²) in [6, 6.07) is 15.6. The number of hydrogen-bond donors (Lipinski definition) is 1. The molecule has 2 aromatic rings. The quantitative estimate of drug-likeness (QED) is 0.836. The lowest BCUT2D eigenvalue weighted by Gasteiger charge is -2.40. The molecule has 2 aliphatic rings. The van der Waals surface area contributed by atoms with E-state index in [1.807, 2.05) is 35.2 Å². The average molecular weight is 382 g/mol. The van der Waals surface area contributed by atoms with Crippen LogP contribution in [-0.2, 0) is 20.7 Å². The lowest BCUT2D eigenvalue weighted by Crippen LogP contribution is -2.55. The third-order valence-electron chi connectivity index (χ3n) is 5.23. The zero-order valence-electron chi connectivity index (χ0n) is 15.5. The van der Waals surface area contributed by atoms with Gasteiger partial charge >= 0.3 is 0 Å². The van der Waals surface area contributed by atoms with Crippen LogP contribution in [0.5, 0.6) is 0 Å². The molecule has 0 unspecified atom stereocenters. The van der Waals surface area contributed by atoms with Crippen molar-refractivity contribution >= 4 is 11.8 Å². The maximum atomic E-state index is 13.0. The molecule has 28 heavy (non-hydrogen) atoms. The molecule has 0 bridgehead atoms. The molecule has 6 heteroatoms. The molecule has 5 nitrogen and oxygen atoms in total. The van der Waals surface area contributed by atoms with Crippen LogP contribution in [0.1, 0.15) is 30.0 Å². The number of ether oxygens (including phenoxy) is 1. The summed E-state index contributed by atoms with van der Waals surface area (Å²) in [6.45, 7) is 0.346. The minimum absolute atomic E-state index is 0.0632. The van der Waals surface area contributed by atoms with Crippen LogP contribution >= 0.6 is 0 Å². The second kappa shape index (κ2) is 8.10. The highest BCUT2D eigenvalue weighted by molar-refractivity contribution is 5.86. The van der Waals surface area contributed by atoms with Crippen molar-refractivity contribution in [2.45, 2.75) is 37.5 Å². The van der Waals surface area contributed by atoms with Gasteiger partial charge in [-0.1, -0.05) is 42.5 Å². The van der Waals surface area contributed by atoms with E-state index < -0.39 is 12.1 Å². The van der Waals surface area contributed by atoms with Gasteiger partial charge in [0.2, 0.25) is 5.91 Å². The smallest absolute Gasteiger partial charge is 0.251 e. The van der Waals surface area contributed by atoms with Crippen LogP contribution in [0.4, 0.5) is 4.39 Å². The monoisotopic (exact) mass is 382 g/mol. The third kappa shape index (κ3) is 4.07. The Morgan fingerprint density at radius 2 is 1.82 bits per heavy atom. The SMILES string of the molecule is O=C(NCCc1ccc(F)cc1)[C@@H]1OCC(=O)N(C2CC2)[C@H]1c1ccccc1. The van der Waals surface area contributed by atoms with Crippen molar-refractivity contribution in [1.82, 2.24) is 10.2 Å². The van der Waals surface area contributed by atoms with Gasteiger partial charge in [0.1, 0.15) is 12.4 Å². The standard InChI is InChI=1S/C22H23FN2O3/c23-17-8-6-15(7-9-17)12-13-24-22(27)21-20(16-4-2-1-3-5-16)25(18-10-11-18)19(26)14-28-21/h1-9,18,20-21H,10-14H2,(H,24,27)/t20-,21+/m0/s1. The molecule has 0 radical (unpaired) electrons. The molecule has 2 amide bonds. The molecule has 0 spiro atoms. The number of nitrogens with zero attached hydrogens (tertiary/aromatic N) is 1. The predicted molar refractivity (Wildman–Crippen MR) is 102 cm³/mol. The average Bonchev–Trinajstić information content (AvgIpc) is 3.55. The molecule has 1 heterocycles. The fraction of sp³-hybridized carbons (Fsp3) is 0.364. The minimum Gasteiger partial charge on any atom is -0.356 e. The maximum absolute atomic E-state index is 13.0. The van der Waals surface area contributed by atoms with Crippen LogP contribution in [0.3, 0.4) is 0 Å². The Morgan fingerprint density at radius 3 is 2.50 bits per heavy atom. The van der Waals surface area contributed by atoms with Crippen LogP contribution in [0.25, 0.3) is 0 Å². The van der Waals surface area contributed by atoms with E-state index in [2.05, 4.69) is 5.32 Å². The molecular weight excluding hydrogens is 359 g/mol. The van der Waals surface area contributed by atoms with E-state index in [1.165, 1.54) is 12.1 Å². The number of halogens is 1. The van der Waals surface area contributed by atoms with Gasteiger partial charge in [0.05, 0.1) is 6.04 Å². The van der Waals surface area contributed by atoms with Crippen molar-refractivity contribution in [2.24, 2.45) is 0 Å². The molecule has 1 N–H and O–H groups in total. The van der Waals surface area contributed by atoms with E-state index >= 15 is 0 Å². The topological polar surface area (TPSA) is 58.6 Å². The molecule has 1 aliphatic heterocycles. The Kier molecular flexibility index (Phi) is 5.39. The Bertz CT molecular complexity index is 837. The van der Waals surface area contributed by atoms with E-state index in [-0.39, 0.29) is 30.3 Å². The van der Waals surface area contributed by atoms with E-state index in [4.69, 9.17) is 4.74 Å². The molecule has 0 aromatic heterocycles. The van der Waals surface area contributed by atoms with Crippen LogP contribution < -0.4 is 5.32 Å². The summed E-state index contributed by atoms with van der Waals surface area (Å²) in [5.41, 5.74) is 1.85. The first kappa shape index (κ1) is 18.6. The minimum atomic E-state index is -0.742. The second-order valence-electron chi connectivity index (χ2n) is 7.29. The highest BCUT2D eigenvalue weighted by Crippen LogP contribution is 2.39. The summed E-state index contributed by atoms with van der Waals surface area (Å²) in [7, 11) is 0. The van der Waals surface area contributed by atoms with Crippen molar-refractivity contribution in [3.63, 3.8) is 0 Å². The summed E-state index contributed by atoms with van der Waals surface area (Å²) < 4.78 is 18.7. The van der Waals surface area contributed by atoms with Gasteiger partial charge in [0, 0.05) is 12.6 Å². The molecule has 2 atom stereocenters. The van der Waals surface area contributed by atoms with Gasteiger partial charge in [-0.05, 0) is 42.5 Å². The summed E-state index contributed by atoms with van der Waals surface area (Å²) in [4.78, 5) is 27.2. The summed E-state index contributed by atoms with van der Waals surface area (Å²) in [5, 5.41) is 2.91. The fourth-order valence-electron chi connectivity index (χ4n) is 3.70. The Balaban J connectivity index is 1.46. The van der Waals surface area contributed by atoms with Crippen molar-refractivity contribution < 1.29 is 18.7 Å². The number of nitrogens with one attached hydrogen (secondary N) is 1. The first-order chi connectivity index (χ1) is 13.6. The van der Waals surface area contributed by atoms with E-state index in [1.54, 1.807) is 12.1 Å². The largest absolute Gasteiger partial charge is 0.356 e. The van der Waals surface area contributed by atoms with Gasteiger partial charge in [-0.25, -0.2) is 4.39 Å². The first-order valence-electron chi connectivity index (χ1n) is 9.63. The van der Waals surface area contributed by atoms with Gasteiger partial charge in [-0.3, -0.25) is 9.59 Å². The molecule has 1 aliphatic carbocycles. The van der Waals surface area contributed by atoms with Crippen molar-refractivity contribution in [3.05, 3.63) is 71.5 Å². The van der Waals surface area contributed by atoms with E-state index in [0.717, 1.165) is 24.0 Å².